The molecule has 3 heteroatoms. The van der Waals surface area contributed by atoms with Gasteiger partial charge in [-0.15, -0.1) is 0 Å². The van der Waals surface area contributed by atoms with E-state index in [4.69, 9.17) is 4.74 Å². The molecule has 0 amide bonds. The molecule has 2 aromatic carbocycles. The number of hydrogen-bond donors (Lipinski definition) is 0. The Morgan fingerprint density at radius 1 is 0.867 bits per heavy atom. The van der Waals surface area contributed by atoms with Crippen molar-refractivity contribution in [1.29, 1.82) is 0 Å². The topological polar surface area (TPSA) is 9.23 Å². The lowest BCUT2D eigenvalue weighted by Crippen LogP contribution is -1.82. The van der Waals surface area contributed by atoms with E-state index in [-0.39, 0.29) is 0 Å². The lowest BCUT2D eigenvalue weighted by molar-refractivity contribution is 0.481. The van der Waals surface area contributed by atoms with Crippen LogP contribution in [0.3, 0.4) is 0 Å². The van der Waals surface area contributed by atoms with Crippen molar-refractivity contribution in [3.05, 3.63) is 54.6 Å². The number of hydrogen-bond acceptors (Lipinski definition) is 2. The molecule has 0 saturated heterocycles. The Morgan fingerprint density at radius 2 is 1.60 bits per heavy atom. The average Bonchev–Trinajstić information content (AvgIpc) is 2.31. The number of ether oxygens (including phenoxy) is 1. The number of para-hydroxylation sites is 1. The summed E-state index contributed by atoms with van der Waals surface area (Å²) in [6.07, 6.45) is 0. The molecule has 0 aliphatic carbocycles. The van der Waals surface area contributed by atoms with Gasteiger partial charge in [-0.25, -0.2) is 0 Å². The van der Waals surface area contributed by atoms with E-state index in [1.807, 2.05) is 48.5 Å². The van der Waals surface area contributed by atoms with Crippen molar-refractivity contribution in [2.24, 2.45) is 0 Å². The van der Waals surface area contributed by atoms with Gasteiger partial charge in [0.2, 0.25) is 0 Å². The normalized spacial score (nSPS) is 9.93. The minimum absolute atomic E-state index is 0.869. The van der Waals surface area contributed by atoms with Crippen LogP contribution in [-0.4, -0.2) is 0 Å². The first-order valence-corrected chi connectivity index (χ1v) is 7.86. The molecule has 0 heterocycles. The Labute approximate surface area is 105 Å². The summed E-state index contributed by atoms with van der Waals surface area (Å²) in [6.45, 7) is 0. The summed E-state index contributed by atoms with van der Waals surface area (Å²) < 4.78 is 5.70. The van der Waals surface area contributed by atoms with Crippen molar-refractivity contribution in [2.45, 2.75) is 4.90 Å². The van der Waals surface area contributed by atoms with Crippen molar-refractivity contribution in [3.8, 4) is 11.5 Å². The zero-order valence-corrected chi connectivity index (χ0v) is 10.9. The number of halogens is 1. The number of rotatable bonds is 3. The molecule has 0 N–H and O–H groups in total. The lowest BCUT2D eigenvalue weighted by atomic mass is 10.3. The van der Waals surface area contributed by atoms with Crippen molar-refractivity contribution in [3.63, 3.8) is 0 Å². The monoisotopic (exact) mass is 328 g/mol. The summed E-state index contributed by atoms with van der Waals surface area (Å²) >= 11 is 2.26. The Morgan fingerprint density at radius 3 is 2.33 bits per heavy atom. The molecular weight excluding hydrogens is 319 g/mol. The van der Waals surface area contributed by atoms with E-state index in [9.17, 15) is 0 Å². The van der Waals surface area contributed by atoms with Crippen LogP contribution in [0.5, 0.6) is 11.5 Å². The summed E-state index contributed by atoms with van der Waals surface area (Å²) in [5.74, 6) is 1.75. The van der Waals surface area contributed by atoms with Crippen molar-refractivity contribution in [2.75, 3.05) is 0 Å². The van der Waals surface area contributed by atoms with Crippen LogP contribution in [0, 0.1) is 0 Å². The van der Waals surface area contributed by atoms with E-state index in [0.29, 0.717) is 0 Å². The van der Waals surface area contributed by atoms with Gasteiger partial charge >= 0.3 is 0 Å². The minimum Gasteiger partial charge on any atom is -0.457 e. The standard InChI is InChI=1S/C12H9IOS/c13-15-12-8-4-7-11(9-12)14-10-5-2-1-3-6-10/h1-9H. The molecule has 0 atom stereocenters. The van der Waals surface area contributed by atoms with Crippen molar-refractivity contribution >= 4 is 30.1 Å². The summed E-state index contributed by atoms with van der Waals surface area (Å²) in [5.41, 5.74) is 0. The Kier molecular flexibility index (Phi) is 3.91. The van der Waals surface area contributed by atoms with Gasteiger partial charge in [0, 0.05) is 26.1 Å². The van der Waals surface area contributed by atoms with E-state index >= 15 is 0 Å². The van der Waals surface area contributed by atoms with Gasteiger partial charge in [0.1, 0.15) is 11.5 Å². The first-order valence-electron chi connectivity index (χ1n) is 4.50. The molecule has 2 aromatic rings. The van der Waals surface area contributed by atoms with Crippen LogP contribution in [0.15, 0.2) is 59.5 Å². The van der Waals surface area contributed by atoms with Gasteiger partial charge in [-0.2, -0.15) is 0 Å². The highest BCUT2D eigenvalue weighted by atomic mass is 127. The van der Waals surface area contributed by atoms with Crippen LogP contribution in [0.4, 0.5) is 0 Å². The third kappa shape index (κ3) is 3.14. The summed E-state index contributed by atoms with van der Waals surface area (Å²) in [5, 5.41) is 0. The Bertz CT molecular complexity index is 431. The fraction of sp³-hybridized carbons (Fsp3) is 0. The molecular formula is C12H9IOS. The first kappa shape index (κ1) is 10.8. The van der Waals surface area contributed by atoms with Crippen molar-refractivity contribution < 1.29 is 4.74 Å². The van der Waals surface area contributed by atoms with Gasteiger partial charge < -0.3 is 4.74 Å². The minimum atomic E-state index is 0.869. The van der Waals surface area contributed by atoms with Crippen LogP contribution in [0.2, 0.25) is 0 Å². The second-order valence-corrected chi connectivity index (χ2v) is 4.91. The predicted molar refractivity (Wildman–Crippen MR) is 72.8 cm³/mol. The quantitative estimate of drug-likeness (QED) is 0.740. The number of benzene rings is 2. The molecule has 1 nitrogen and oxygen atoms in total. The second kappa shape index (κ2) is 5.42. The molecule has 0 radical (unpaired) electrons. The summed E-state index contributed by atoms with van der Waals surface area (Å²) in [6, 6.07) is 17.9. The van der Waals surface area contributed by atoms with Crippen LogP contribution < -0.4 is 4.74 Å². The third-order valence-electron chi connectivity index (χ3n) is 1.87. The zero-order valence-electron chi connectivity index (χ0n) is 7.89. The highest BCUT2D eigenvalue weighted by molar-refractivity contribution is 14.2. The average molecular weight is 328 g/mol. The van der Waals surface area contributed by atoms with Gasteiger partial charge in [0.05, 0.1) is 0 Å². The molecule has 15 heavy (non-hydrogen) atoms. The molecule has 76 valence electrons. The summed E-state index contributed by atoms with van der Waals surface area (Å²) in [4.78, 5) is 1.20. The van der Waals surface area contributed by atoms with Gasteiger partial charge in [-0.05, 0) is 30.3 Å². The zero-order chi connectivity index (χ0) is 10.5. The molecule has 2 rings (SSSR count). The molecule has 0 fully saturated rings. The van der Waals surface area contributed by atoms with Gasteiger partial charge in [0.25, 0.3) is 0 Å². The van der Waals surface area contributed by atoms with Crippen LogP contribution in [0.25, 0.3) is 0 Å². The molecule has 0 aromatic heterocycles. The molecule has 0 aliphatic heterocycles. The van der Waals surface area contributed by atoms with Crippen LogP contribution in [0.1, 0.15) is 0 Å². The van der Waals surface area contributed by atoms with Gasteiger partial charge in [0.15, 0.2) is 0 Å². The highest BCUT2D eigenvalue weighted by Gasteiger charge is 1.97. The maximum atomic E-state index is 5.70. The summed E-state index contributed by atoms with van der Waals surface area (Å²) in [7, 11) is 1.68. The second-order valence-electron chi connectivity index (χ2n) is 2.97. The SMILES string of the molecule is ISc1cccc(Oc2ccccc2)c1. The first-order chi connectivity index (χ1) is 7.38. The molecule has 0 saturated carbocycles. The fourth-order valence-electron chi connectivity index (χ4n) is 1.21. The predicted octanol–water partition coefficient (Wildman–Crippen LogP) is 4.92. The fourth-order valence-corrected chi connectivity index (χ4v) is 2.32. The maximum Gasteiger partial charge on any atom is 0.128 e. The molecule has 0 unspecified atom stereocenters. The molecule has 0 spiro atoms. The van der Waals surface area contributed by atoms with Crippen LogP contribution >= 0.6 is 30.1 Å². The largest absolute Gasteiger partial charge is 0.457 e. The van der Waals surface area contributed by atoms with E-state index in [0.717, 1.165) is 11.5 Å². The van der Waals surface area contributed by atoms with E-state index in [1.54, 1.807) is 8.93 Å². The third-order valence-corrected chi connectivity index (χ3v) is 3.83. The smallest absolute Gasteiger partial charge is 0.128 e. The van der Waals surface area contributed by atoms with E-state index < -0.39 is 0 Å². The van der Waals surface area contributed by atoms with E-state index in [2.05, 4.69) is 27.3 Å². The Balaban J connectivity index is 2.17. The van der Waals surface area contributed by atoms with Crippen LogP contribution in [-0.2, 0) is 0 Å². The lowest BCUT2D eigenvalue weighted by Gasteiger charge is -2.05. The van der Waals surface area contributed by atoms with Crippen molar-refractivity contribution in [1.82, 2.24) is 0 Å². The highest BCUT2D eigenvalue weighted by Crippen LogP contribution is 2.29. The molecule has 0 aliphatic rings. The van der Waals surface area contributed by atoms with E-state index in [1.165, 1.54) is 4.90 Å². The van der Waals surface area contributed by atoms with Gasteiger partial charge in [-0.3, -0.25) is 0 Å². The van der Waals surface area contributed by atoms with Gasteiger partial charge in [-0.1, -0.05) is 33.2 Å². The maximum absolute atomic E-state index is 5.70. The molecule has 0 bridgehead atoms. The Hall–Kier alpha value is -0.680.